The summed E-state index contributed by atoms with van der Waals surface area (Å²) in [6, 6.07) is 4.80. The summed E-state index contributed by atoms with van der Waals surface area (Å²) in [5.41, 5.74) is 1.43. The van der Waals surface area contributed by atoms with Crippen molar-refractivity contribution in [2.75, 3.05) is 7.11 Å². The Balaban J connectivity index is 2.85. The Hall–Kier alpha value is -2.15. The molecule has 2 rings (SSSR count). The van der Waals surface area contributed by atoms with Gasteiger partial charge < -0.3 is 14.0 Å². The topological polar surface area (TPSA) is 73.6 Å². The fourth-order valence-electron chi connectivity index (χ4n) is 2.17. The van der Waals surface area contributed by atoms with E-state index < -0.39 is 0 Å². The van der Waals surface area contributed by atoms with Gasteiger partial charge in [-0.3, -0.25) is 4.79 Å². The molecular formula is C14H16N2O4S. The van der Waals surface area contributed by atoms with Crippen molar-refractivity contribution in [2.45, 2.75) is 13.3 Å². The number of aromatic nitrogens is 2. The zero-order valence-electron chi connectivity index (χ0n) is 12.0. The van der Waals surface area contributed by atoms with Crippen LogP contribution in [0.4, 0.5) is 0 Å². The molecule has 0 aliphatic heterocycles. The Morgan fingerprint density at radius 2 is 2.14 bits per heavy atom. The summed E-state index contributed by atoms with van der Waals surface area (Å²) in [7, 11) is 2.97. The maximum Gasteiger partial charge on any atom is 0.278 e. The van der Waals surface area contributed by atoms with Gasteiger partial charge in [-0.25, -0.2) is 4.68 Å². The van der Waals surface area contributed by atoms with Crippen LogP contribution < -0.4 is 14.5 Å². The molecule has 21 heavy (non-hydrogen) atoms. The number of thiol groups is 1. The standard InChI is InChI=1S/C14H16N2O4S/c1-4-8-7-9(17)5-6-10(8)11-12(20-21)13(19-3)15-16(2)14(11)18/h5-7,17,21H,4H2,1-3H3. The van der Waals surface area contributed by atoms with Crippen LogP contribution in [0.5, 0.6) is 17.4 Å². The average Bonchev–Trinajstić information content (AvgIpc) is 2.49. The minimum atomic E-state index is -0.333. The fraction of sp³-hybridized carbons (Fsp3) is 0.286. The number of phenolic OH excluding ortho intramolecular Hbond substituents is 1. The second-order valence-electron chi connectivity index (χ2n) is 4.43. The Morgan fingerprint density at radius 1 is 1.43 bits per heavy atom. The van der Waals surface area contributed by atoms with Crippen LogP contribution >= 0.6 is 12.9 Å². The van der Waals surface area contributed by atoms with Crippen molar-refractivity contribution in [3.05, 3.63) is 34.1 Å². The van der Waals surface area contributed by atoms with E-state index in [0.29, 0.717) is 17.5 Å². The van der Waals surface area contributed by atoms with Crippen LogP contribution in [0.3, 0.4) is 0 Å². The van der Waals surface area contributed by atoms with Gasteiger partial charge in [0.25, 0.3) is 11.4 Å². The van der Waals surface area contributed by atoms with Crippen molar-refractivity contribution < 1.29 is 14.0 Å². The Labute approximate surface area is 127 Å². The van der Waals surface area contributed by atoms with Gasteiger partial charge in [-0.15, -0.1) is 5.10 Å². The SMILES string of the molecule is CCc1cc(O)ccc1-c1c(OS)c(OC)nn(C)c1=O. The second kappa shape index (κ2) is 6.09. The van der Waals surface area contributed by atoms with Gasteiger partial charge in [-0.1, -0.05) is 13.0 Å². The lowest BCUT2D eigenvalue weighted by Gasteiger charge is -2.14. The van der Waals surface area contributed by atoms with Gasteiger partial charge in [0.2, 0.25) is 5.75 Å². The molecule has 112 valence electrons. The molecule has 0 aliphatic rings. The molecule has 0 atom stereocenters. The van der Waals surface area contributed by atoms with E-state index >= 15 is 0 Å². The summed E-state index contributed by atoms with van der Waals surface area (Å²) in [4.78, 5) is 12.4. The number of nitrogens with zero attached hydrogens (tertiary/aromatic N) is 2. The van der Waals surface area contributed by atoms with E-state index in [2.05, 4.69) is 18.0 Å². The highest BCUT2D eigenvalue weighted by Crippen LogP contribution is 2.37. The van der Waals surface area contributed by atoms with Gasteiger partial charge >= 0.3 is 0 Å². The molecule has 0 unspecified atom stereocenters. The third-order valence-electron chi connectivity index (χ3n) is 3.19. The molecule has 2 aromatic rings. The van der Waals surface area contributed by atoms with E-state index in [1.54, 1.807) is 12.1 Å². The van der Waals surface area contributed by atoms with Crippen molar-refractivity contribution >= 4 is 12.9 Å². The number of benzene rings is 1. The van der Waals surface area contributed by atoms with Crippen molar-refractivity contribution in [3.63, 3.8) is 0 Å². The third-order valence-corrected chi connectivity index (χ3v) is 3.38. The van der Waals surface area contributed by atoms with Gasteiger partial charge in [0.15, 0.2) is 0 Å². The normalized spacial score (nSPS) is 10.5. The number of hydrogen-bond donors (Lipinski definition) is 2. The van der Waals surface area contributed by atoms with E-state index in [-0.39, 0.29) is 22.9 Å². The molecule has 6 nitrogen and oxygen atoms in total. The predicted octanol–water partition coefficient (Wildman–Crippen LogP) is 1.95. The number of aryl methyl sites for hydroxylation is 2. The lowest BCUT2D eigenvalue weighted by molar-refractivity contribution is 0.367. The van der Waals surface area contributed by atoms with E-state index in [0.717, 1.165) is 5.56 Å². The first-order chi connectivity index (χ1) is 10.0. The summed E-state index contributed by atoms with van der Waals surface area (Å²) in [6.45, 7) is 1.93. The van der Waals surface area contributed by atoms with Crippen LogP contribution in [0.25, 0.3) is 11.1 Å². The highest BCUT2D eigenvalue weighted by atomic mass is 32.1. The van der Waals surface area contributed by atoms with Crippen molar-refractivity contribution in [1.82, 2.24) is 9.78 Å². The summed E-state index contributed by atoms with van der Waals surface area (Å²) in [5, 5.41) is 13.6. The van der Waals surface area contributed by atoms with Gasteiger partial charge in [-0.05, 0) is 29.7 Å². The molecule has 0 saturated heterocycles. The molecule has 1 N–H and O–H groups in total. The van der Waals surface area contributed by atoms with Crippen LogP contribution in [0, 0.1) is 0 Å². The van der Waals surface area contributed by atoms with Crippen molar-refractivity contribution in [2.24, 2.45) is 7.05 Å². The van der Waals surface area contributed by atoms with E-state index in [4.69, 9.17) is 8.92 Å². The molecule has 0 amide bonds. The molecule has 0 saturated carbocycles. The smallest absolute Gasteiger partial charge is 0.278 e. The van der Waals surface area contributed by atoms with Crippen LogP contribution in [0.2, 0.25) is 0 Å². The molecule has 1 aromatic carbocycles. The minimum Gasteiger partial charge on any atom is -0.508 e. The number of rotatable bonds is 4. The number of ether oxygens (including phenoxy) is 1. The first-order valence-corrected chi connectivity index (χ1v) is 6.69. The van der Waals surface area contributed by atoms with Gasteiger partial charge in [0.1, 0.15) is 5.75 Å². The summed E-state index contributed by atoms with van der Waals surface area (Å²) in [5.74, 6) is 0.461. The zero-order valence-corrected chi connectivity index (χ0v) is 12.8. The molecule has 0 aliphatic carbocycles. The van der Waals surface area contributed by atoms with Crippen LogP contribution in [0.1, 0.15) is 12.5 Å². The lowest BCUT2D eigenvalue weighted by Crippen LogP contribution is -2.23. The van der Waals surface area contributed by atoms with E-state index in [1.165, 1.54) is 24.9 Å². The maximum atomic E-state index is 12.4. The molecule has 0 spiro atoms. The first kappa shape index (κ1) is 15.2. The summed E-state index contributed by atoms with van der Waals surface area (Å²) >= 11 is 3.80. The second-order valence-corrected chi connectivity index (χ2v) is 4.61. The van der Waals surface area contributed by atoms with Crippen LogP contribution in [-0.4, -0.2) is 22.0 Å². The average molecular weight is 308 g/mol. The van der Waals surface area contributed by atoms with Crippen molar-refractivity contribution in [3.8, 4) is 28.5 Å². The zero-order chi connectivity index (χ0) is 15.6. The molecule has 7 heteroatoms. The summed E-state index contributed by atoms with van der Waals surface area (Å²) < 4.78 is 11.3. The van der Waals surface area contributed by atoms with Gasteiger partial charge in [0, 0.05) is 20.0 Å². The van der Waals surface area contributed by atoms with Crippen LogP contribution in [0.15, 0.2) is 23.0 Å². The Kier molecular flexibility index (Phi) is 4.42. The minimum absolute atomic E-state index is 0.141. The number of phenols is 1. The van der Waals surface area contributed by atoms with Gasteiger partial charge in [0.05, 0.1) is 12.7 Å². The lowest BCUT2D eigenvalue weighted by atomic mass is 9.98. The first-order valence-electron chi connectivity index (χ1n) is 6.32. The quantitative estimate of drug-likeness (QED) is 0.667. The third kappa shape index (κ3) is 2.69. The maximum absolute atomic E-state index is 12.4. The fourth-order valence-corrected chi connectivity index (χ4v) is 2.33. The van der Waals surface area contributed by atoms with E-state index in [9.17, 15) is 9.90 Å². The highest BCUT2D eigenvalue weighted by molar-refractivity contribution is 7.75. The molecule has 1 heterocycles. The number of hydrogen-bond acceptors (Lipinski definition) is 6. The monoisotopic (exact) mass is 308 g/mol. The Morgan fingerprint density at radius 3 is 2.71 bits per heavy atom. The number of aromatic hydroxyl groups is 1. The largest absolute Gasteiger partial charge is 0.508 e. The van der Waals surface area contributed by atoms with Gasteiger partial charge in [-0.2, -0.15) is 0 Å². The predicted molar refractivity (Wildman–Crippen MR) is 82.1 cm³/mol. The molecule has 0 radical (unpaired) electrons. The van der Waals surface area contributed by atoms with E-state index in [1.807, 2.05) is 6.92 Å². The summed E-state index contributed by atoms with van der Waals surface area (Å²) in [6.07, 6.45) is 0.642. The highest BCUT2D eigenvalue weighted by Gasteiger charge is 2.22. The molecule has 0 bridgehead atoms. The molecular weight excluding hydrogens is 292 g/mol. The van der Waals surface area contributed by atoms with Crippen LogP contribution in [-0.2, 0) is 13.5 Å². The Bertz CT molecular complexity index is 728. The molecule has 0 fully saturated rings. The molecule has 1 aromatic heterocycles. The van der Waals surface area contributed by atoms with Crippen molar-refractivity contribution in [1.29, 1.82) is 0 Å². The number of methoxy groups -OCH3 is 1.